The molecule has 0 aromatic carbocycles. The van der Waals surface area contributed by atoms with Gasteiger partial charge in [-0.1, -0.05) is 0 Å². The standard InChI is InChI=1S/C9H16BF3NO.K/c1-7(10(11,12)13)4-14-5-8(2)15-9(3)6-14;/h8-9H,1,4-6H2,2-3H3;/q-1;+1/t8-,9+;. The van der Waals surface area contributed by atoms with Gasteiger partial charge >= 0.3 is 58.4 Å². The minimum atomic E-state index is -4.91. The Morgan fingerprint density at radius 2 is 1.75 bits per heavy atom. The van der Waals surface area contributed by atoms with Crippen LogP contribution in [0.2, 0.25) is 0 Å². The third-order valence-corrected chi connectivity index (χ3v) is 2.38. The summed E-state index contributed by atoms with van der Waals surface area (Å²) >= 11 is 0. The average Bonchev–Trinajstić information content (AvgIpc) is 1.99. The molecule has 7 heteroatoms. The third-order valence-electron chi connectivity index (χ3n) is 2.38. The molecule has 1 fully saturated rings. The van der Waals surface area contributed by atoms with Gasteiger partial charge in [-0.05, 0) is 20.4 Å². The van der Waals surface area contributed by atoms with Gasteiger partial charge < -0.3 is 17.7 Å². The second-order valence-corrected chi connectivity index (χ2v) is 4.18. The normalized spacial score (nSPS) is 27.3. The van der Waals surface area contributed by atoms with Crippen molar-refractivity contribution in [3.05, 3.63) is 12.1 Å². The Kier molecular flexibility index (Phi) is 7.42. The number of hydrogen-bond acceptors (Lipinski definition) is 2. The third kappa shape index (κ3) is 5.66. The Balaban J connectivity index is 0.00000225. The molecule has 0 bridgehead atoms. The molecular formula is C9H16BF3KNO. The van der Waals surface area contributed by atoms with Gasteiger partial charge in [-0.25, -0.2) is 0 Å². The molecule has 0 aromatic rings. The van der Waals surface area contributed by atoms with Gasteiger partial charge in [0.25, 0.3) is 0 Å². The first kappa shape index (κ1) is 17.2. The fraction of sp³-hybridized carbons (Fsp3) is 0.778. The van der Waals surface area contributed by atoms with Crippen LogP contribution in [-0.4, -0.2) is 43.7 Å². The summed E-state index contributed by atoms with van der Waals surface area (Å²) in [4.78, 5) is 1.75. The van der Waals surface area contributed by atoms with Crippen molar-refractivity contribution < 1.29 is 69.1 Å². The number of ether oxygens (including phenoxy) is 1. The molecule has 2 nitrogen and oxygen atoms in total. The summed E-state index contributed by atoms with van der Waals surface area (Å²) in [5.74, 6) is 0. The van der Waals surface area contributed by atoms with Gasteiger partial charge in [0, 0.05) is 13.1 Å². The van der Waals surface area contributed by atoms with Crippen LogP contribution in [0, 0.1) is 0 Å². The van der Waals surface area contributed by atoms with E-state index in [1.165, 1.54) is 0 Å². The summed E-state index contributed by atoms with van der Waals surface area (Å²) < 4.78 is 42.3. The van der Waals surface area contributed by atoms with Crippen molar-refractivity contribution in [3.63, 3.8) is 0 Å². The van der Waals surface area contributed by atoms with Crippen molar-refractivity contribution in [1.29, 1.82) is 0 Å². The first-order valence-corrected chi connectivity index (χ1v) is 5.04. The smallest absolute Gasteiger partial charge is 0.445 e. The number of rotatable bonds is 3. The van der Waals surface area contributed by atoms with E-state index in [9.17, 15) is 12.9 Å². The van der Waals surface area contributed by atoms with E-state index in [4.69, 9.17) is 4.74 Å². The first-order valence-electron chi connectivity index (χ1n) is 5.04. The van der Waals surface area contributed by atoms with Crippen LogP contribution in [0.4, 0.5) is 12.9 Å². The summed E-state index contributed by atoms with van der Waals surface area (Å²) in [7, 11) is 0. The second-order valence-electron chi connectivity index (χ2n) is 4.18. The molecule has 16 heavy (non-hydrogen) atoms. The van der Waals surface area contributed by atoms with Crippen LogP contribution in [0.25, 0.3) is 0 Å². The quantitative estimate of drug-likeness (QED) is 0.607. The van der Waals surface area contributed by atoms with Crippen LogP contribution in [0.3, 0.4) is 0 Å². The molecule has 1 heterocycles. The molecule has 0 saturated carbocycles. The van der Waals surface area contributed by atoms with Crippen LogP contribution >= 0.6 is 0 Å². The molecule has 0 aliphatic carbocycles. The summed E-state index contributed by atoms with van der Waals surface area (Å²) in [6, 6.07) is 0. The molecule has 1 aliphatic heterocycles. The SMILES string of the molecule is C=C(CN1C[C@@H](C)O[C@@H](C)C1)[B-](F)(F)F.[K+]. The number of halogens is 3. The van der Waals surface area contributed by atoms with E-state index in [-0.39, 0.29) is 70.1 Å². The fourth-order valence-corrected chi connectivity index (χ4v) is 1.80. The van der Waals surface area contributed by atoms with Gasteiger partial charge in [-0.15, -0.1) is 12.1 Å². The molecule has 0 unspecified atom stereocenters. The molecule has 0 spiro atoms. The van der Waals surface area contributed by atoms with Crippen molar-refractivity contribution in [2.45, 2.75) is 26.1 Å². The Hall–Kier alpha value is 1.15. The monoisotopic (exact) mass is 261 g/mol. The van der Waals surface area contributed by atoms with Crippen LogP contribution in [0.5, 0.6) is 0 Å². The van der Waals surface area contributed by atoms with Crippen molar-refractivity contribution in [1.82, 2.24) is 4.90 Å². The van der Waals surface area contributed by atoms with E-state index >= 15 is 0 Å². The maximum absolute atomic E-state index is 12.3. The zero-order chi connectivity index (χ0) is 11.6. The van der Waals surface area contributed by atoms with Gasteiger partial charge in [-0.3, -0.25) is 4.90 Å². The van der Waals surface area contributed by atoms with Crippen LogP contribution in [-0.2, 0) is 4.74 Å². The molecule has 0 amide bonds. The topological polar surface area (TPSA) is 12.5 Å². The molecule has 0 radical (unpaired) electrons. The number of morpholine rings is 1. The molecule has 1 saturated heterocycles. The Morgan fingerprint density at radius 3 is 2.12 bits per heavy atom. The molecule has 0 N–H and O–H groups in total. The van der Waals surface area contributed by atoms with Gasteiger partial charge in [0.2, 0.25) is 0 Å². The maximum Gasteiger partial charge on any atom is 1.00 e. The molecule has 1 rings (SSSR count). The molecular weight excluding hydrogens is 245 g/mol. The first-order chi connectivity index (χ1) is 6.79. The molecule has 2 atom stereocenters. The van der Waals surface area contributed by atoms with E-state index < -0.39 is 12.4 Å². The summed E-state index contributed by atoms with van der Waals surface area (Å²) in [6.07, 6.45) is -0.0235. The summed E-state index contributed by atoms with van der Waals surface area (Å²) in [5.41, 5.74) is -0.628. The van der Waals surface area contributed by atoms with E-state index in [0.717, 1.165) is 0 Å². The van der Waals surface area contributed by atoms with E-state index in [2.05, 4.69) is 6.58 Å². The number of hydrogen-bond donors (Lipinski definition) is 0. The molecule has 1 aliphatic rings. The predicted octanol–water partition coefficient (Wildman–Crippen LogP) is -0.958. The Labute approximate surface area is 137 Å². The predicted molar refractivity (Wildman–Crippen MR) is 54.7 cm³/mol. The van der Waals surface area contributed by atoms with E-state index in [0.29, 0.717) is 13.1 Å². The molecule has 0 aromatic heterocycles. The zero-order valence-corrected chi connectivity index (χ0v) is 13.2. The summed E-state index contributed by atoms with van der Waals surface area (Å²) in [5, 5.41) is 0. The van der Waals surface area contributed by atoms with Gasteiger partial charge in [0.1, 0.15) is 0 Å². The average molecular weight is 261 g/mol. The zero-order valence-electron chi connectivity index (χ0n) is 10.0. The van der Waals surface area contributed by atoms with Gasteiger partial charge in [-0.2, -0.15) is 0 Å². The van der Waals surface area contributed by atoms with Crippen molar-refractivity contribution >= 4 is 6.98 Å². The molecule has 88 valence electrons. The minimum absolute atomic E-state index is 0. The maximum atomic E-state index is 12.3. The van der Waals surface area contributed by atoms with Crippen LogP contribution in [0.1, 0.15) is 13.8 Å². The van der Waals surface area contributed by atoms with Crippen molar-refractivity contribution in [3.8, 4) is 0 Å². The van der Waals surface area contributed by atoms with Crippen LogP contribution < -0.4 is 51.4 Å². The largest absolute Gasteiger partial charge is 1.00 e. The van der Waals surface area contributed by atoms with Crippen molar-refractivity contribution in [2.75, 3.05) is 19.6 Å². The van der Waals surface area contributed by atoms with Crippen LogP contribution in [0.15, 0.2) is 12.1 Å². The fourth-order valence-electron chi connectivity index (χ4n) is 1.80. The summed E-state index contributed by atoms with van der Waals surface area (Å²) in [6.45, 7) is 2.89. The van der Waals surface area contributed by atoms with Crippen molar-refractivity contribution in [2.24, 2.45) is 0 Å². The van der Waals surface area contributed by atoms with E-state index in [1.807, 2.05) is 13.8 Å². The number of nitrogens with zero attached hydrogens (tertiary/aromatic N) is 1. The minimum Gasteiger partial charge on any atom is -0.445 e. The second kappa shape index (κ2) is 6.92. The van der Waals surface area contributed by atoms with E-state index in [1.54, 1.807) is 4.90 Å². The Bertz CT molecular complexity index is 239. The van der Waals surface area contributed by atoms with Gasteiger partial charge in [0.05, 0.1) is 12.2 Å². The Morgan fingerprint density at radius 1 is 1.31 bits per heavy atom. The van der Waals surface area contributed by atoms with Gasteiger partial charge in [0.15, 0.2) is 0 Å².